The monoisotopic (exact) mass is 276 g/mol. The standard InChI is InChI=1S/C17H28N2O/c1-3-18-13-15-8-9-17(12-14(15)2)19-10-4-6-16(19)7-5-11-20/h8-9,12,16,18,20H,3-7,10-11,13H2,1-2H3. The number of benzene rings is 1. The average Bonchev–Trinajstić information content (AvgIpc) is 2.92. The van der Waals surface area contributed by atoms with Crippen LogP contribution in [0.25, 0.3) is 0 Å². The molecule has 1 atom stereocenters. The van der Waals surface area contributed by atoms with Crippen molar-refractivity contribution in [1.29, 1.82) is 0 Å². The van der Waals surface area contributed by atoms with Crippen LogP contribution in [0.2, 0.25) is 0 Å². The fourth-order valence-corrected chi connectivity index (χ4v) is 3.12. The molecule has 0 bridgehead atoms. The highest BCUT2D eigenvalue weighted by atomic mass is 16.2. The molecule has 3 nitrogen and oxygen atoms in total. The molecule has 1 aliphatic rings. The molecule has 2 rings (SSSR count). The summed E-state index contributed by atoms with van der Waals surface area (Å²) in [6, 6.07) is 7.46. The molecular formula is C17H28N2O. The molecule has 1 aromatic rings. The molecule has 0 aliphatic carbocycles. The van der Waals surface area contributed by atoms with Crippen LogP contribution in [0.5, 0.6) is 0 Å². The van der Waals surface area contributed by atoms with Crippen molar-refractivity contribution >= 4 is 5.69 Å². The summed E-state index contributed by atoms with van der Waals surface area (Å²) in [6.45, 7) is 7.77. The molecule has 1 aromatic carbocycles. The van der Waals surface area contributed by atoms with Crippen LogP contribution in [0.1, 0.15) is 43.7 Å². The Bertz CT molecular complexity index is 419. The minimum atomic E-state index is 0.311. The molecule has 1 fully saturated rings. The van der Waals surface area contributed by atoms with Gasteiger partial charge in [0.05, 0.1) is 0 Å². The highest BCUT2D eigenvalue weighted by molar-refractivity contribution is 5.52. The smallest absolute Gasteiger partial charge is 0.0431 e. The first-order chi connectivity index (χ1) is 9.76. The Morgan fingerprint density at radius 2 is 2.25 bits per heavy atom. The van der Waals surface area contributed by atoms with Gasteiger partial charge in [-0.05, 0) is 62.4 Å². The zero-order valence-corrected chi connectivity index (χ0v) is 12.9. The number of aliphatic hydroxyl groups is 1. The van der Waals surface area contributed by atoms with Crippen LogP contribution >= 0.6 is 0 Å². The van der Waals surface area contributed by atoms with Crippen molar-refractivity contribution in [2.24, 2.45) is 0 Å². The van der Waals surface area contributed by atoms with Crippen LogP contribution in [0.4, 0.5) is 5.69 Å². The summed E-state index contributed by atoms with van der Waals surface area (Å²) in [7, 11) is 0. The molecule has 0 radical (unpaired) electrons. The van der Waals surface area contributed by atoms with Gasteiger partial charge >= 0.3 is 0 Å². The summed E-state index contributed by atoms with van der Waals surface area (Å²) >= 11 is 0. The van der Waals surface area contributed by atoms with E-state index in [1.165, 1.54) is 29.7 Å². The first-order valence-electron chi connectivity index (χ1n) is 7.94. The summed E-state index contributed by atoms with van der Waals surface area (Å²) in [4.78, 5) is 2.53. The van der Waals surface area contributed by atoms with Gasteiger partial charge in [0.1, 0.15) is 0 Å². The van der Waals surface area contributed by atoms with Gasteiger partial charge in [0.25, 0.3) is 0 Å². The molecule has 1 saturated heterocycles. The van der Waals surface area contributed by atoms with Crippen molar-refractivity contribution in [3.05, 3.63) is 29.3 Å². The van der Waals surface area contributed by atoms with Gasteiger partial charge < -0.3 is 15.3 Å². The second kappa shape index (κ2) is 7.65. The molecule has 112 valence electrons. The molecule has 0 saturated carbocycles. The molecule has 0 spiro atoms. The molecular weight excluding hydrogens is 248 g/mol. The van der Waals surface area contributed by atoms with Crippen molar-refractivity contribution in [2.75, 3.05) is 24.6 Å². The second-order valence-electron chi connectivity index (χ2n) is 5.75. The van der Waals surface area contributed by atoms with Gasteiger partial charge in [-0.1, -0.05) is 13.0 Å². The van der Waals surface area contributed by atoms with Crippen LogP contribution < -0.4 is 10.2 Å². The molecule has 2 N–H and O–H groups in total. The maximum Gasteiger partial charge on any atom is 0.0431 e. The quantitative estimate of drug-likeness (QED) is 0.804. The largest absolute Gasteiger partial charge is 0.396 e. The molecule has 0 amide bonds. The van der Waals surface area contributed by atoms with Crippen LogP contribution in [-0.2, 0) is 6.54 Å². The Labute approximate surface area is 123 Å². The summed E-state index contributed by atoms with van der Waals surface area (Å²) in [5, 5.41) is 12.4. The molecule has 0 aromatic heterocycles. The van der Waals surface area contributed by atoms with E-state index in [0.29, 0.717) is 12.6 Å². The molecule has 20 heavy (non-hydrogen) atoms. The van der Waals surface area contributed by atoms with E-state index < -0.39 is 0 Å². The lowest BCUT2D eigenvalue weighted by Crippen LogP contribution is -2.29. The van der Waals surface area contributed by atoms with Crippen LogP contribution in [0.15, 0.2) is 18.2 Å². The first kappa shape index (κ1) is 15.3. The van der Waals surface area contributed by atoms with E-state index >= 15 is 0 Å². The van der Waals surface area contributed by atoms with Crippen LogP contribution in [-0.4, -0.2) is 30.8 Å². The van der Waals surface area contributed by atoms with E-state index in [-0.39, 0.29) is 0 Å². The fourth-order valence-electron chi connectivity index (χ4n) is 3.12. The summed E-state index contributed by atoms with van der Waals surface area (Å²) in [6.07, 6.45) is 4.56. The summed E-state index contributed by atoms with van der Waals surface area (Å²) in [5.74, 6) is 0. The van der Waals surface area contributed by atoms with Gasteiger partial charge in [0.2, 0.25) is 0 Å². The van der Waals surface area contributed by atoms with Gasteiger partial charge in [-0.25, -0.2) is 0 Å². The van der Waals surface area contributed by atoms with E-state index in [1.807, 2.05) is 0 Å². The van der Waals surface area contributed by atoms with E-state index in [2.05, 4.69) is 42.3 Å². The number of rotatable bonds is 7. The highest BCUT2D eigenvalue weighted by Gasteiger charge is 2.24. The highest BCUT2D eigenvalue weighted by Crippen LogP contribution is 2.29. The number of hydrogen-bond donors (Lipinski definition) is 2. The molecule has 1 aliphatic heterocycles. The maximum absolute atomic E-state index is 9.02. The lowest BCUT2D eigenvalue weighted by atomic mass is 10.1. The van der Waals surface area contributed by atoms with Gasteiger partial charge in [0.15, 0.2) is 0 Å². The predicted octanol–water partition coefficient (Wildman–Crippen LogP) is 2.85. The van der Waals surface area contributed by atoms with Crippen molar-refractivity contribution in [3.63, 3.8) is 0 Å². The van der Waals surface area contributed by atoms with Gasteiger partial charge in [-0.3, -0.25) is 0 Å². The fraction of sp³-hybridized carbons (Fsp3) is 0.647. The van der Waals surface area contributed by atoms with E-state index in [9.17, 15) is 0 Å². The SMILES string of the molecule is CCNCc1ccc(N2CCCC2CCCO)cc1C. The topological polar surface area (TPSA) is 35.5 Å². The normalized spacial score (nSPS) is 18.8. The molecule has 3 heteroatoms. The number of nitrogens with zero attached hydrogens (tertiary/aromatic N) is 1. The summed E-state index contributed by atoms with van der Waals surface area (Å²) in [5.41, 5.74) is 4.11. The van der Waals surface area contributed by atoms with Crippen molar-refractivity contribution in [3.8, 4) is 0 Å². The van der Waals surface area contributed by atoms with E-state index in [4.69, 9.17) is 5.11 Å². The zero-order valence-electron chi connectivity index (χ0n) is 12.9. The number of aryl methyl sites for hydroxylation is 1. The van der Waals surface area contributed by atoms with Gasteiger partial charge in [0, 0.05) is 31.4 Å². The van der Waals surface area contributed by atoms with E-state index in [0.717, 1.165) is 32.5 Å². The Morgan fingerprint density at radius 3 is 2.95 bits per heavy atom. The van der Waals surface area contributed by atoms with Crippen LogP contribution in [0, 0.1) is 6.92 Å². The average molecular weight is 276 g/mol. The van der Waals surface area contributed by atoms with Crippen molar-refractivity contribution < 1.29 is 5.11 Å². The Kier molecular flexibility index (Phi) is 5.86. The van der Waals surface area contributed by atoms with Crippen LogP contribution in [0.3, 0.4) is 0 Å². The zero-order chi connectivity index (χ0) is 14.4. The third kappa shape index (κ3) is 3.74. The maximum atomic E-state index is 9.02. The number of aliphatic hydroxyl groups excluding tert-OH is 1. The molecule has 1 unspecified atom stereocenters. The predicted molar refractivity (Wildman–Crippen MR) is 85.2 cm³/mol. The Hall–Kier alpha value is -1.06. The minimum Gasteiger partial charge on any atom is -0.396 e. The van der Waals surface area contributed by atoms with E-state index in [1.54, 1.807) is 0 Å². The second-order valence-corrected chi connectivity index (χ2v) is 5.75. The summed E-state index contributed by atoms with van der Waals surface area (Å²) < 4.78 is 0. The minimum absolute atomic E-state index is 0.311. The number of anilines is 1. The van der Waals surface area contributed by atoms with Gasteiger partial charge in [-0.15, -0.1) is 0 Å². The third-order valence-corrected chi connectivity index (χ3v) is 4.30. The van der Waals surface area contributed by atoms with Crippen molar-refractivity contribution in [2.45, 2.75) is 52.1 Å². The lowest BCUT2D eigenvalue weighted by molar-refractivity contribution is 0.279. The van der Waals surface area contributed by atoms with Crippen molar-refractivity contribution in [1.82, 2.24) is 5.32 Å². The molecule has 1 heterocycles. The Morgan fingerprint density at radius 1 is 1.40 bits per heavy atom. The number of nitrogens with one attached hydrogen (secondary N) is 1. The Balaban J connectivity index is 2.06. The van der Waals surface area contributed by atoms with Gasteiger partial charge in [-0.2, -0.15) is 0 Å². The lowest BCUT2D eigenvalue weighted by Gasteiger charge is -2.27. The first-order valence-corrected chi connectivity index (χ1v) is 7.94. The number of hydrogen-bond acceptors (Lipinski definition) is 3. The third-order valence-electron chi connectivity index (χ3n) is 4.30.